The van der Waals surface area contributed by atoms with Crippen LogP contribution in [-0.2, 0) is 36.2 Å². The van der Waals surface area contributed by atoms with Crippen LogP contribution in [0.2, 0.25) is 5.02 Å². The van der Waals surface area contributed by atoms with Gasteiger partial charge in [0.05, 0.1) is 0 Å². The van der Waals surface area contributed by atoms with Crippen LogP contribution in [0.15, 0.2) is 65.7 Å². The summed E-state index contributed by atoms with van der Waals surface area (Å²) in [6.45, 7) is 2.15. The van der Waals surface area contributed by atoms with Crippen molar-refractivity contribution >= 4 is 17.6 Å². The molecule has 34 heavy (non-hydrogen) atoms. The van der Waals surface area contributed by atoms with Gasteiger partial charge in [-0.25, -0.2) is 14.9 Å². The predicted molar refractivity (Wildman–Crippen MR) is 138 cm³/mol. The van der Waals surface area contributed by atoms with E-state index >= 15 is 0 Å². The van der Waals surface area contributed by atoms with Gasteiger partial charge in [-0.15, -0.1) is 0 Å². The Bertz CT molecular complexity index is 1290. The van der Waals surface area contributed by atoms with Crippen molar-refractivity contribution in [3.05, 3.63) is 93.5 Å². The van der Waals surface area contributed by atoms with Crippen molar-refractivity contribution < 1.29 is 4.84 Å². The SMILES string of the molecule is CCc1cc(Cl)cc(-c2ccc3c(c2)C2(N=C(N)N(C)O2)C2(CCc4ccccc4CC2)C3)c1. The van der Waals surface area contributed by atoms with Gasteiger partial charge in [-0.05, 0) is 90.1 Å². The fourth-order valence-corrected chi connectivity index (χ4v) is 6.53. The highest BCUT2D eigenvalue weighted by Gasteiger charge is 2.62. The van der Waals surface area contributed by atoms with Crippen LogP contribution in [0, 0.1) is 5.41 Å². The molecule has 0 saturated carbocycles. The van der Waals surface area contributed by atoms with Crippen molar-refractivity contribution in [1.82, 2.24) is 5.06 Å². The van der Waals surface area contributed by atoms with Crippen molar-refractivity contribution in [3.63, 3.8) is 0 Å². The Morgan fingerprint density at radius 2 is 1.71 bits per heavy atom. The van der Waals surface area contributed by atoms with Crippen LogP contribution < -0.4 is 5.73 Å². The second kappa shape index (κ2) is 7.86. The Labute approximate surface area is 206 Å². The summed E-state index contributed by atoms with van der Waals surface area (Å²) >= 11 is 6.46. The van der Waals surface area contributed by atoms with E-state index in [1.807, 2.05) is 19.2 Å². The molecule has 6 rings (SSSR count). The smallest absolute Gasteiger partial charge is 0.220 e. The van der Waals surface area contributed by atoms with E-state index in [-0.39, 0.29) is 5.41 Å². The number of hydroxylamine groups is 2. The molecule has 0 amide bonds. The quantitative estimate of drug-likeness (QED) is 0.496. The van der Waals surface area contributed by atoms with Gasteiger partial charge in [0.2, 0.25) is 11.7 Å². The van der Waals surface area contributed by atoms with Gasteiger partial charge in [0.1, 0.15) is 0 Å². The zero-order valence-corrected chi connectivity index (χ0v) is 20.5. The first-order valence-electron chi connectivity index (χ1n) is 12.2. The second-order valence-corrected chi connectivity index (χ2v) is 10.4. The summed E-state index contributed by atoms with van der Waals surface area (Å²) in [5.74, 6) is 0.440. The van der Waals surface area contributed by atoms with Crippen molar-refractivity contribution in [3.8, 4) is 11.1 Å². The number of rotatable bonds is 2. The zero-order chi connectivity index (χ0) is 23.5. The average Bonchev–Trinajstić information content (AvgIpc) is 3.19. The first-order chi connectivity index (χ1) is 16.4. The topological polar surface area (TPSA) is 50.8 Å². The molecule has 0 radical (unpaired) electrons. The highest BCUT2D eigenvalue weighted by molar-refractivity contribution is 6.31. The minimum atomic E-state index is -0.800. The fourth-order valence-electron chi connectivity index (χ4n) is 6.27. The molecular weight excluding hydrogens is 442 g/mol. The zero-order valence-electron chi connectivity index (χ0n) is 19.8. The minimum absolute atomic E-state index is 0.148. The molecule has 1 aliphatic heterocycles. The number of nitrogens with zero attached hydrogens (tertiary/aromatic N) is 2. The number of hydrogen-bond donors (Lipinski definition) is 1. The van der Waals surface area contributed by atoms with Crippen LogP contribution in [0.3, 0.4) is 0 Å². The molecule has 2 N–H and O–H groups in total. The standard InChI is InChI=1S/C29H30ClN3O/c1-3-19-14-24(16-25(30)15-19)22-8-9-23-18-28(12-10-20-6-4-5-7-21(20)11-13-28)29(26(23)17-22)32-27(31)33(2)34-29/h4-9,14-17H,3,10-13,18H2,1-2H3,(H2,31,32). The van der Waals surface area contributed by atoms with Crippen LogP contribution in [-0.4, -0.2) is 18.1 Å². The van der Waals surface area contributed by atoms with E-state index < -0.39 is 5.72 Å². The van der Waals surface area contributed by atoms with Gasteiger partial charge in [0.25, 0.3) is 0 Å². The summed E-state index contributed by atoms with van der Waals surface area (Å²) in [5, 5.41) is 2.41. The van der Waals surface area contributed by atoms with Crippen molar-refractivity contribution in [1.29, 1.82) is 0 Å². The molecule has 1 atom stereocenters. The maximum Gasteiger partial charge on any atom is 0.220 e. The van der Waals surface area contributed by atoms with Crippen LogP contribution in [0.1, 0.15) is 47.6 Å². The summed E-state index contributed by atoms with van der Waals surface area (Å²) in [6.07, 6.45) is 5.95. The third-order valence-corrected chi connectivity index (χ3v) is 8.37. The maximum atomic E-state index is 6.63. The summed E-state index contributed by atoms with van der Waals surface area (Å²) in [7, 11) is 1.86. The molecule has 2 aliphatic carbocycles. The normalized spacial score (nSPS) is 22.6. The molecule has 2 spiro atoms. The molecule has 4 nitrogen and oxygen atoms in total. The number of fused-ring (bicyclic) bond motifs is 4. The Balaban J connectivity index is 1.48. The highest BCUT2D eigenvalue weighted by atomic mass is 35.5. The van der Waals surface area contributed by atoms with Gasteiger partial charge in [0, 0.05) is 23.0 Å². The number of benzene rings is 3. The lowest BCUT2D eigenvalue weighted by Crippen LogP contribution is -2.43. The van der Waals surface area contributed by atoms with Crippen LogP contribution in [0.5, 0.6) is 0 Å². The van der Waals surface area contributed by atoms with Gasteiger partial charge in [-0.2, -0.15) is 0 Å². The predicted octanol–water partition coefficient (Wildman–Crippen LogP) is 6.04. The summed E-state index contributed by atoms with van der Waals surface area (Å²) in [6, 6.07) is 21.9. The molecule has 3 aliphatic rings. The summed E-state index contributed by atoms with van der Waals surface area (Å²) < 4.78 is 0. The van der Waals surface area contributed by atoms with Crippen LogP contribution in [0.25, 0.3) is 11.1 Å². The third kappa shape index (κ3) is 3.19. The van der Waals surface area contributed by atoms with Crippen molar-refractivity contribution in [2.45, 2.75) is 51.2 Å². The monoisotopic (exact) mass is 471 g/mol. The highest BCUT2D eigenvalue weighted by Crippen LogP contribution is 2.61. The molecule has 0 aromatic heterocycles. The van der Waals surface area contributed by atoms with E-state index in [0.29, 0.717) is 5.96 Å². The second-order valence-electron chi connectivity index (χ2n) is 10.0. The van der Waals surface area contributed by atoms with E-state index in [0.717, 1.165) is 60.2 Å². The van der Waals surface area contributed by atoms with E-state index in [1.165, 1.54) is 22.3 Å². The van der Waals surface area contributed by atoms with Crippen LogP contribution in [0.4, 0.5) is 0 Å². The summed E-state index contributed by atoms with van der Waals surface area (Å²) in [4.78, 5) is 11.7. The van der Waals surface area contributed by atoms with Crippen molar-refractivity contribution in [2.75, 3.05) is 7.05 Å². The lowest BCUT2D eigenvalue weighted by molar-refractivity contribution is -0.224. The number of halogens is 1. The van der Waals surface area contributed by atoms with Crippen molar-refractivity contribution in [2.24, 2.45) is 16.1 Å². The Hall–Kier alpha value is -2.82. The third-order valence-electron chi connectivity index (χ3n) is 8.15. The first kappa shape index (κ1) is 21.7. The maximum absolute atomic E-state index is 6.63. The summed E-state index contributed by atoms with van der Waals surface area (Å²) in [5.41, 5.74) is 14.2. The molecular formula is C29H30ClN3O. The molecule has 5 heteroatoms. The number of aryl methyl sites for hydroxylation is 3. The van der Waals surface area contributed by atoms with E-state index in [9.17, 15) is 0 Å². The largest absolute Gasteiger partial charge is 0.368 e. The van der Waals surface area contributed by atoms with Gasteiger partial charge < -0.3 is 5.73 Å². The molecule has 1 unspecified atom stereocenters. The number of nitrogens with two attached hydrogens (primary N) is 1. The van der Waals surface area contributed by atoms with E-state index in [4.69, 9.17) is 27.2 Å². The lowest BCUT2D eigenvalue weighted by Gasteiger charge is -2.40. The molecule has 0 bridgehead atoms. The van der Waals surface area contributed by atoms with E-state index in [1.54, 1.807) is 5.06 Å². The average molecular weight is 472 g/mol. The fraction of sp³-hybridized carbons (Fsp3) is 0.345. The molecule has 0 saturated heterocycles. The minimum Gasteiger partial charge on any atom is -0.368 e. The molecule has 3 aromatic carbocycles. The Morgan fingerprint density at radius 1 is 0.971 bits per heavy atom. The number of hydrogen-bond acceptors (Lipinski definition) is 4. The molecule has 1 heterocycles. The first-order valence-corrected chi connectivity index (χ1v) is 12.6. The van der Waals surface area contributed by atoms with Gasteiger partial charge in [-0.1, -0.05) is 61.0 Å². The van der Waals surface area contributed by atoms with Crippen LogP contribution >= 0.6 is 11.6 Å². The number of guanidine groups is 1. The van der Waals surface area contributed by atoms with E-state index in [2.05, 4.69) is 55.5 Å². The molecule has 174 valence electrons. The Kier molecular flexibility index (Phi) is 5.02. The van der Waals surface area contributed by atoms with Gasteiger partial charge in [0.15, 0.2) is 0 Å². The molecule has 3 aromatic rings. The van der Waals surface area contributed by atoms with Gasteiger partial charge >= 0.3 is 0 Å². The number of aliphatic imine (C=N–C) groups is 1. The molecule has 0 fully saturated rings. The Morgan fingerprint density at radius 3 is 2.35 bits per heavy atom. The van der Waals surface area contributed by atoms with Gasteiger partial charge in [-0.3, -0.25) is 0 Å². The lowest BCUT2D eigenvalue weighted by atomic mass is 9.71.